The molecule has 2 aromatic rings. The number of aliphatic hydroxyl groups excluding tert-OH is 1. The largest absolute Gasteiger partial charge is 0.477 e. The van der Waals surface area contributed by atoms with Crippen LogP contribution in [0.5, 0.6) is 0 Å². The molecule has 0 saturated heterocycles. The smallest absolute Gasteiger partial charge is 0.346 e. The van der Waals surface area contributed by atoms with Crippen LogP contribution in [0.2, 0.25) is 0 Å². The third-order valence-corrected chi connectivity index (χ3v) is 4.64. The third kappa shape index (κ3) is 3.00. The molecule has 0 saturated carbocycles. The highest BCUT2D eigenvalue weighted by Gasteiger charge is 2.19. The van der Waals surface area contributed by atoms with Gasteiger partial charge in [-0.2, -0.15) is 0 Å². The number of carboxylic acid groups (broad SMARTS) is 1. The number of hydrogen-bond acceptors (Lipinski definition) is 4. The highest BCUT2D eigenvalue weighted by atomic mass is 32.1. The van der Waals surface area contributed by atoms with Gasteiger partial charge in [0, 0.05) is 17.3 Å². The molecule has 0 aliphatic carbocycles. The van der Waals surface area contributed by atoms with Crippen molar-refractivity contribution in [3.8, 4) is 0 Å². The summed E-state index contributed by atoms with van der Waals surface area (Å²) < 4.78 is 0.979. The summed E-state index contributed by atoms with van der Waals surface area (Å²) in [6.07, 6.45) is 0. The van der Waals surface area contributed by atoms with Crippen LogP contribution < -0.4 is 5.32 Å². The molecule has 1 atom stereocenters. The van der Waals surface area contributed by atoms with Gasteiger partial charge in [0.1, 0.15) is 4.88 Å². The first-order valence-corrected chi connectivity index (χ1v) is 7.44. The number of aromatic carboxylic acids is 1. The Morgan fingerprint density at radius 3 is 2.65 bits per heavy atom. The summed E-state index contributed by atoms with van der Waals surface area (Å²) in [7, 11) is 0. The minimum absolute atomic E-state index is 0.0321. The van der Waals surface area contributed by atoms with Crippen molar-refractivity contribution in [3.63, 3.8) is 0 Å². The van der Waals surface area contributed by atoms with Crippen molar-refractivity contribution in [2.45, 2.75) is 26.4 Å². The van der Waals surface area contributed by atoms with Gasteiger partial charge in [-0.3, -0.25) is 0 Å². The van der Waals surface area contributed by atoms with E-state index in [4.69, 9.17) is 0 Å². The molecule has 4 nitrogen and oxygen atoms in total. The van der Waals surface area contributed by atoms with Crippen molar-refractivity contribution >= 4 is 27.4 Å². The molecule has 1 unspecified atom stereocenters. The molecule has 1 heterocycles. The minimum Gasteiger partial charge on any atom is -0.477 e. The van der Waals surface area contributed by atoms with Crippen LogP contribution in [0.25, 0.3) is 10.1 Å². The van der Waals surface area contributed by atoms with E-state index in [1.165, 1.54) is 11.3 Å². The summed E-state index contributed by atoms with van der Waals surface area (Å²) in [5, 5.41) is 22.9. The normalized spacial score (nSPS) is 13.0. The fourth-order valence-electron chi connectivity index (χ4n) is 2.19. The molecule has 0 amide bonds. The fraction of sp³-hybridized carbons (Fsp3) is 0.400. The maximum Gasteiger partial charge on any atom is 0.346 e. The Morgan fingerprint density at radius 2 is 2.05 bits per heavy atom. The predicted octanol–water partition coefficient (Wildman–Crippen LogP) is 2.71. The lowest BCUT2D eigenvalue weighted by Gasteiger charge is -2.20. The monoisotopic (exact) mass is 293 g/mol. The van der Waals surface area contributed by atoms with Gasteiger partial charge in [-0.15, -0.1) is 11.3 Å². The van der Waals surface area contributed by atoms with Gasteiger partial charge in [-0.25, -0.2) is 4.79 Å². The number of benzene rings is 1. The molecule has 5 heteroatoms. The van der Waals surface area contributed by atoms with Crippen LogP contribution in [0.15, 0.2) is 24.3 Å². The van der Waals surface area contributed by atoms with E-state index in [0.717, 1.165) is 15.6 Å². The molecule has 3 N–H and O–H groups in total. The van der Waals surface area contributed by atoms with Crippen molar-refractivity contribution in [3.05, 3.63) is 34.7 Å². The first-order chi connectivity index (χ1) is 9.54. The van der Waals surface area contributed by atoms with E-state index in [1.807, 2.05) is 38.1 Å². The average Bonchev–Trinajstić information content (AvgIpc) is 2.78. The number of rotatable bonds is 6. The lowest BCUT2D eigenvalue weighted by molar-refractivity contribution is 0.0701. The van der Waals surface area contributed by atoms with E-state index in [0.29, 0.717) is 11.4 Å². The summed E-state index contributed by atoms with van der Waals surface area (Å²) >= 11 is 1.30. The number of carbonyl (C=O) groups is 1. The number of nitrogens with one attached hydrogen (secondary N) is 1. The van der Waals surface area contributed by atoms with Crippen LogP contribution >= 0.6 is 11.3 Å². The Bertz CT molecular complexity index is 606. The highest BCUT2D eigenvalue weighted by molar-refractivity contribution is 7.21. The second-order valence-electron chi connectivity index (χ2n) is 5.13. The molecule has 0 fully saturated rings. The molecule has 2 rings (SSSR count). The van der Waals surface area contributed by atoms with E-state index in [9.17, 15) is 15.0 Å². The summed E-state index contributed by atoms with van der Waals surface area (Å²) in [5.41, 5.74) is 0.803. The Balaban J connectivity index is 2.32. The van der Waals surface area contributed by atoms with Crippen LogP contribution in [-0.2, 0) is 6.54 Å². The van der Waals surface area contributed by atoms with Gasteiger partial charge >= 0.3 is 5.97 Å². The highest BCUT2D eigenvalue weighted by Crippen LogP contribution is 2.31. The summed E-state index contributed by atoms with van der Waals surface area (Å²) in [6.45, 7) is 4.55. The maximum absolute atomic E-state index is 11.4. The molecule has 1 aromatic carbocycles. The zero-order valence-corrected chi connectivity index (χ0v) is 12.4. The maximum atomic E-state index is 11.4. The van der Waals surface area contributed by atoms with Crippen LogP contribution in [0, 0.1) is 5.92 Å². The van der Waals surface area contributed by atoms with E-state index in [1.54, 1.807) is 0 Å². The Labute approximate surface area is 122 Å². The molecule has 0 radical (unpaired) electrons. The Morgan fingerprint density at radius 1 is 1.35 bits per heavy atom. The molecule has 0 spiro atoms. The SMILES string of the molecule is CC(C)C(CO)NCc1c(C(=O)O)sc2ccccc12. The average molecular weight is 293 g/mol. The van der Waals surface area contributed by atoms with Crippen LogP contribution in [0.1, 0.15) is 29.1 Å². The van der Waals surface area contributed by atoms with Crippen molar-refractivity contribution < 1.29 is 15.0 Å². The Kier molecular flexibility index (Phi) is 4.75. The number of hydrogen-bond donors (Lipinski definition) is 3. The van der Waals surface area contributed by atoms with Crippen molar-refractivity contribution in [1.82, 2.24) is 5.32 Å². The van der Waals surface area contributed by atoms with Gasteiger partial charge in [-0.1, -0.05) is 32.0 Å². The fourth-order valence-corrected chi connectivity index (χ4v) is 3.25. The molecule has 0 aliphatic rings. The molecule has 0 bridgehead atoms. The first-order valence-electron chi connectivity index (χ1n) is 6.62. The zero-order valence-electron chi connectivity index (χ0n) is 11.6. The van der Waals surface area contributed by atoms with Crippen LogP contribution in [0.4, 0.5) is 0 Å². The summed E-state index contributed by atoms with van der Waals surface area (Å²) in [6, 6.07) is 7.67. The quantitative estimate of drug-likeness (QED) is 0.766. The van der Waals surface area contributed by atoms with Crippen LogP contribution in [-0.4, -0.2) is 28.8 Å². The van der Waals surface area contributed by atoms with E-state index in [2.05, 4.69) is 5.32 Å². The lowest BCUT2D eigenvalue weighted by atomic mass is 10.0. The number of thiophene rings is 1. The molecule has 20 heavy (non-hydrogen) atoms. The van der Waals surface area contributed by atoms with Crippen molar-refractivity contribution in [2.75, 3.05) is 6.61 Å². The summed E-state index contributed by atoms with van der Waals surface area (Å²) in [4.78, 5) is 11.7. The lowest BCUT2D eigenvalue weighted by Crippen LogP contribution is -2.36. The summed E-state index contributed by atoms with van der Waals surface area (Å²) in [5.74, 6) is -0.605. The zero-order chi connectivity index (χ0) is 14.7. The van der Waals surface area contributed by atoms with E-state index >= 15 is 0 Å². The number of carboxylic acids is 1. The number of aliphatic hydroxyl groups is 1. The van der Waals surface area contributed by atoms with Gasteiger partial charge < -0.3 is 15.5 Å². The van der Waals surface area contributed by atoms with Crippen molar-refractivity contribution in [1.29, 1.82) is 0 Å². The van der Waals surface area contributed by atoms with Crippen LogP contribution in [0.3, 0.4) is 0 Å². The standard InChI is InChI=1S/C15H19NO3S/c1-9(2)12(8-17)16-7-11-10-5-3-4-6-13(10)20-14(11)15(18)19/h3-6,9,12,16-17H,7-8H2,1-2H3,(H,18,19). The predicted molar refractivity (Wildman–Crippen MR) is 81.3 cm³/mol. The molecule has 0 aliphatic heterocycles. The number of fused-ring (bicyclic) bond motifs is 1. The molecular weight excluding hydrogens is 274 g/mol. The van der Waals surface area contributed by atoms with Gasteiger partial charge in [0.05, 0.1) is 6.61 Å². The molecular formula is C15H19NO3S. The molecule has 1 aromatic heterocycles. The van der Waals surface area contributed by atoms with Crippen molar-refractivity contribution in [2.24, 2.45) is 5.92 Å². The van der Waals surface area contributed by atoms with E-state index in [-0.39, 0.29) is 18.6 Å². The molecule has 108 valence electrons. The topological polar surface area (TPSA) is 69.6 Å². The van der Waals surface area contributed by atoms with Gasteiger partial charge in [0.2, 0.25) is 0 Å². The Hall–Kier alpha value is -1.43. The van der Waals surface area contributed by atoms with Gasteiger partial charge in [-0.05, 0) is 22.9 Å². The second kappa shape index (κ2) is 6.35. The van der Waals surface area contributed by atoms with E-state index < -0.39 is 5.97 Å². The first kappa shape index (κ1) is 15.0. The third-order valence-electron chi connectivity index (χ3n) is 3.43. The van der Waals surface area contributed by atoms with Gasteiger partial charge in [0.25, 0.3) is 0 Å². The van der Waals surface area contributed by atoms with Gasteiger partial charge in [0.15, 0.2) is 0 Å². The minimum atomic E-state index is -0.895. The second-order valence-corrected chi connectivity index (χ2v) is 6.18.